The van der Waals surface area contributed by atoms with E-state index in [9.17, 15) is 4.79 Å². The molecule has 1 unspecified atom stereocenters. The molecule has 3 heterocycles. The second kappa shape index (κ2) is 8.81. The molecule has 2 saturated heterocycles. The van der Waals surface area contributed by atoms with Crippen LogP contribution in [0.1, 0.15) is 30.4 Å². The van der Waals surface area contributed by atoms with Gasteiger partial charge in [-0.05, 0) is 69.9 Å². The molecule has 1 aromatic carbocycles. The first-order chi connectivity index (χ1) is 14.0. The maximum Gasteiger partial charge on any atom is 0.239 e. The number of nitrogens with one attached hydrogen (secondary N) is 1. The molecule has 1 atom stereocenters. The number of nitrogens with two attached hydrogens (primary N) is 1. The van der Waals surface area contributed by atoms with E-state index in [4.69, 9.17) is 5.73 Å². The lowest BCUT2D eigenvalue weighted by atomic mass is 10.0. The van der Waals surface area contributed by atoms with Gasteiger partial charge in [-0.3, -0.25) is 14.8 Å². The average Bonchev–Trinajstić information content (AvgIpc) is 3.05. The lowest BCUT2D eigenvalue weighted by Gasteiger charge is -2.36. The molecule has 0 spiro atoms. The molecule has 0 aliphatic carbocycles. The van der Waals surface area contributed by atoms with E-state index in [1.165, 1.54) is 25.9 Å². The third-order valence-corrected chi connectivity index (χ3v) is 6.63. The monoisotopic (exact) mass is 398 g/mol. The molecule has 4 rings (SSSR count). The van der Waals surface area contributed by atoms with Crippen LogP contribution in [0.15, 0.2) is 18.3 Å². The van der Waals surface area contributed by atoms with E-state index in [0.29, 0.717) is 12.5 Å². The van der Waals surface area contributed by atoms with E-state index in [2.05, 4.69) is 46.1 Å². The first-order valence-electron chi connectivity index (χ1n) is 10.9. The average molecular weight is 399 g/mol. The fourth-order valence-electron chi connectivity index (χ4n) is 4.89. The standard InChI is InChI=1S/C22H34N6O/c1-16-12-17(13-18-15-24-25-21(16)18)14-20(23)22(29)28-7-3-6-27(10-11-28)19-4-8-26(2)9-5-19/h12-13,15,19-20H,3-11,14,23H2,1-2H3,(H,24,25). The Morgan fingerprint density at radius 1 is 1.21 bits per heavy atom. The van der Waals surface area contributed by atoms with Crippen molar-refractivity contribution in [2.75, 3.05) is 46.3 Å². The Bertz CT molecular complexity index is 841. The molecule has 2 aliphatic rings. The normalized spacial score (nSPS) is 21.4. The van der Waals surface area contributed by atoms with Gasteiger partial charge in [-0.25, -0.2) is 0 Å². The Labute approximate surface area is 173 Å². The van der Waals surface area contributed by atoms with E-state index in [-0.39, 0.29) is 5.91 Å². The fourth-order valence-corrected chi connectivity index (χ4v) is 4.89. The highest BCUT2D eigenvalue weighted by molar-refractivity contribution is 5.84. The molecule has 7 nitrogen and oxygen atoms in total. The summed E-state index contributed by atoms with van der Waals surface area (Å²) in [7, 11) is 2.20. The number of carbonyl (C=O) groups excluding carboxylic acids is 1. The van der Waals surface area contributed by atoms with Crippen LogP contribution in [-0.4, -0.2) is 89.2 Å². The van der Waals surface area contributed by atoms with E-state index < -0.39 is 6.04 Å². The van der Waals surface area contributed by atoms with Gasteiger partial charge < -0.3 is 15.5 Å². The molecule has 0 saturated carbocycles. The van der Waals surface area contributed by atoms with Crippen LogP contribution in [-0.2, 0) is 11.2 Å². The van der Waals surface area contributed by atoms with Crippen molar-refractivity contribution in [3.05, 3.63) is 29.5 Å². The summed E-state index contributed by atoms with van der Waals surface area (Å²) in [5.74, 6) is 0.0835. The lowest BCUT2D eigenvalue weighted by Crippen LogP contribution is -2.48. The van der Waals surface area contributed by atoms with Crippen molar-refractivity contribution in [3.63, 3.8) is 0 Å². The molecule has 2 aromatic rings. The zero-order chi connectivity index (χ0) is 20.4. The Hall–Kier alpha value is -1.96. The van der Waals surface area contributed by atoms with E-state index >= 15 is 0 Å². The number of benzene rings is 1. The van der Waals surface area contributed by atoms with Gasteiger partial charge in [0, 0.05) is 37.6 Å². The van der Waals surface area contributed by atoms with Crippen LogP contribution in [0, 0.1) is 6.92 Å². The largest absolute Gasteiger partial charge is 0.340 e. The van der Waals surface area contributed by atoms with Crippen molar-refractivity contribution in [1.82, 2.24) is 24.9 Å². The number of likely N-dealkylation sites (tertiary alicyclic amines) is 1. The summed E-state index contributed by atoms with van der Waals surface area (Å²) >= 11 is 0. The minimum absolute atomic E-state index is 0.0835. The molecule has 29 heavy (non-hydrogen) atoms. The maximum atomic E-state index is 13.0. The van der Waals surface area contributed by atoms with Gasteiger partial charge in [0.1, 0.15) is 0 Å². The molecule has 1 amide bonds. The molecule has 0 radical (unpaired) electrons. The van der Waals surface area contributed by atoms with Crippen molar-refractivity contribution in [3.8, 4) is 0 Å². The Balaban J connectivity index is 1.34. The number of fused-ring (bicyclic) bond motifs is 1. The quantitative estimate of drug-likeness (QED) is 0.813. The summed E-state index contributed by atoms with van der Waals surface area (Å²) in [4.78, 5) is 20.0. The van der Waals surface area contributed by atoms with Crippen LogP contribution in [0.2, 0.25) is 0 Å². The number of hydrogen-bond acceptors (Lipinski definition) is 5. The van der Waals surface area contributed by atoms with Crippen molar-refractivity contribution in [2.24, 2.45) is 5.73 Å². The first-order valence-corrected chi connectivity index (χ1v) is 10.9. The number of nitrogens with zero attached hydrogens (tertiary/aromatic N) is 4. The summed E-state index contributed by atoms with van der Waals surface area (Å²) in [6.07, 6.45) is 5.89. The first kappa shape index (κ1) is 20.3. The van der Waals surface area contributed by atoms with Crippen LogP contribution >= 0.6 is 0 Å². The van der Waals surface area contributed by atoms with Gasteiger partial charge in [-0.15, -0.1) is 0 Å². The molecule has 2 fully saturated rings. The number of hydrogen-bond donors (Lipinski definition) is 2. The number of H-pyrrole nitrogens is 1. The Morgan fingerprint density at radius 3 is 2.79 bits per heavy atom. The van der Waals surface area contributed by atoms with Gasteiger partial charge >= 0.3 is 0 Å². The van der Waals surface area contributed by atoms with Gasteiger partial charge in [0.15, 0.2) is 0 Å². The highest BCUT2D eigenvalue weighted by Crippen LogP contribution is 2.20. The zero-order valence-corrected chi connectivity index (χ0v) is 17.7. The molecule has 3 N–H and O–H groups in total. The summed E-state index contributed by atoms with van der Waals surface area (Å²) in [5.41, 5.74) is 9.65. The number of aromatic amines is 1. The van der Waals surface area contributed by atoms with Crippen LogP contribution in [0.25, 0.3) is 10.9 Å². The van der Waals surface area contributed by atoms with Gasteiger partial charge in [0.05, 0.1) is 17.8 Å². The van der Waals surface area contributed by atoms with Crippen molar-refractivity contribution in [1.29, 1.82) is 0 Å². The Morgan fingerprint density at radius 2 is 2.00 bits per heavy atom. The van der Waals surface area contributed by atoms with Gasteiger partial charge in [0.25, 0.3) is 0 Å². The third kappa shape index (κ3) is 4.63. The maximum absolute atomic E-state index is 13.0. The summed E-state index contributed by atoms with van der Waals surface area (Å²) < 4.78 is 0. The SMILES string of the molecule is Cc1cc(CC(N)C(=O)N2CCCN(C3CCN(C)CC3)CC2)cc2cn[nH]c12. The topological polar surface area (TPSA) is 81.5 Å². The second-order valence-electron chi connectivity index (χ2n) is 8.81. The van der Waals surface area contributed by atoms with Gasteiger partial charge in [0.2, 0.25) is 5.91 Å². The highest BCUT2D eigenvalue weighted by Gasteiger charge is 2.28. The number of aryl methyl sites for hydroxylation is 1. The smallest absolute Gasteiger partial charge is 0.239 e. The van der Waals surface area contributed by atoms with Crippen LogP contribution in [0.3, 0.4) is 0 Å². The van der Waals surface area contributed by atoms with E-state index in [1.54, 1.807) is 0 Å². The predicted molar refractivity (Wildman–Crippen MR) is 116 cm³/mol. The number of carbonyl (C=O) groups is 1. The minimum atomic E-state index is -0.492. The summed E-state index contributed by atoms with van der Waals surface area (Å²) in [6.45, 7) is 8.07. The van der Waals surface area contributed by atoms with Crippen LogP contribution < -0.4 is 5.73 Å². The van der Waals surface area contributed by atoms with E-state index in [1.807, 2.05) is 11.1 Å². The van der Waals surface area contributed by atoms with Crippen molar-refractivity contribution in [2.45, 2.75) is 44.7 Å². The molecular formula is C22H34N6O. The lowest BCUT2D eigenvalue weighted by molar-refractivity contribution is -0.132. The van der Waals surface area contributed by atoms with Crippen LogP contribution in [0.4, 0.5) is 0 Å². The Kier molecular flexibility index (Phi) is 6.18. The molecule has 0 bridgehead atoms. The number of aromatic nitrogens is 2. The number of rotatable bonds is 4. The van der Waals surface area contributed by atoms with Crippen molar-refractivity contribution < 1.29 is 4.79 Å². The summed E-state index contributed by atoms with van der Waals surface area (Å²) in [5, 5.41) is 8.20. The second-order valence-corrected chi connectivity index (χ2v) is 8.81. The predicted octanol–water partition coefficient (Wildman–Crippen LogP) is 1.37. The molecule has 2 aliphatic heterocycles. The molecule has 158 valence electrons. The number of amides is 1. The fraction of sp³-hybridized carbons (Fsp3) is 0.636. The van der Waals surface area contributed by atoms with Crippen LogP contribution in [0.5, 0.6) is 0 Å². The van der Waals surface area contributed by atoms with Gasteiger partial charge in [-0.2, -0.15) is 5.10 Å². The zero-order valence-electron chi connectivity index (χ0n) is 17.7. The molecule has 1 aromatic heterocycles. The van der Waals surface area contributed by atoms with E-state index in [0.717, 1.165) is 54.6 Å². The molecular weight excluding hydrogens is 364 g/mol. The van der Waals surface area contributed by atoms with Crippen molar-refractivity contribution >= 4 is 16.8 Å². The highest BCUT2D eigenvalue weighted by atomic mass is 16.2. The summed E-state index contributed by atoms with van der Waals surface area (Å²) in [6, 6.07) is 4.37. The number of piperidine rings is 1. The minimum Gasteiger partial charge on any atom is -0.340 e. The molecule has 7 heteroatoms. The third-order valence-electron chi connectivity index (χ3n) is 6.63. The van der Waals surface area contributed by atoms with Gasteiger partial charge in [-0.1, -0.05) is 6.07 Å².